The van der Waals surface area contributed by atoms with E-state index in [1.54, 1.807) is 25.1 Å². The molecule has 1 aromatic carbocycles. The van der Waals surface area contributed by atoms with Crippen molar-refractivity contribution >= 4 is 28.4 Å². The minimum absolute atomic E-state index is 0.0190. The molecule has 3 rings (SSSR count). The van der Waals surface area contributed by atoms with Crippen molar-refractivity contribution < 1.29 is 14.0 Å². The fourth-order valence-electron chi connectivity index (χ4n) is 3.03. The van der Waals surface area contributed by atoms with Gasteiger partial charge in [-0.3, -0.25) is 14.6 Å². The molecule has 1 aliphatic carbocycles. The summed E-state index contributed by atoms with van der Waals surface area (Å²) in [5.74, 6) is -0.763. The van der Waals surface area contributed by atoms with Gasteiger partial charge in [0.2, 0.25) is 11.8 Å². The van der Waals surface area contributed by atoms with Crippen molar-refractivity contribution in [3.8, 4) is 0 Å². The number of nitrogens with one attached hydrogen (secondary N) is 2. The van der Waals surface area contributed by atoms with Crippen LogP contribution in [-0.2, 0) is 9.59 Å². The molecule has 0 radical (unpaired) electrons. The fraction of sp³-hybridized carbons (Fsp3) is 0.389. The lowest BCUT2D eigenvalue weighted by Crippen LogP contribution is -2.43. The maximum atomic E-state index is 13.6. The number of hydrogen-bond donors (Lipinski definition) is 2. The molecular formula is C18H20FN3O2. The highest BCUT2D eigenvalue weighted by Crippen LogP contribution is 2.25. The van der Waals surface area contributed by atoms with Crippen LogP contribution in [0, 0.1) is 11.7 Å². The molecule has 2 aromatic rings. The number of amides is 2. The minimum Gasteiger partial charge on any atom is -0.344 e. The van der Waals surface area contributed by atoms with Crippen molar-refractivity contribution in [3.05, 3.63) is 36.3 Å². The molecule has 2 N–H and O–H groups in total. The Morgan fingerprint density at radius 3 is 2.79 bits per heavy atom. The summed E-state index contributed by atoms with van der Waals surface area (Å²) in [4.78, 5) is 28.4. The van der Waals surface area contributed by atoms with Gasteiger partial charge in [0.1, 0.15) is 17.4 Å². The number of para-hydroxylation sites is 1. The van der Waals surface area contributed by atoms with Crippen molar-refractivity contribution in [2.75, 3.05) is 5.32 Å². The second-order valence-corrected chi connectivity index (χ2v) is 6.24. The third kappa shape index (κ3) is 3.53. The average molecular weight is 329 g/mol. The van der Waals surface area contributed by atoms with E-state index in [1.807, 2.05) is 0 Å². The molecule has 24 heavy (non-hydrogen) atoms. The number of halogens is 1. The number of carbonyl (C=O) groups excluding carboxylic acids is 2. The number of aromatic nitrogens is 1. The van der Waals surface area contributed by atoms with Gasteiger partial charge in [0.15, 0.2) is 0 Å². The van der Waals surface area contributed by atoms with Crippen LogP contribution < -0.4 is 10.6 Å². The van der Waals surface area contributed by atoms with Crippen molar-refractivity contribution in [1.82, 2.24) is 10.3 Å². The third-order valence-electron chi connectivity index (χ3n) is 4.41. The number of hydrogen-bond acceptors (Lipinski definition) is 3. The fourth-order valence-corrected chi connectivity index (χ4v) is 3.03. The quantitative estimate of drug-likeness (QED) is 0.906. The highest BCUT2D eigenvalue weighted by atomic mass is 19.1. The zero-order valence-electron chi connectivity index (χ0n) is 13.5. The molecule has 1 saturated carbocycles. The maximum absolute atomic E-state index is 13.6. The summed E-state index contributed by atoms with van der Waals surface area (Å²) in [5.41, 5.74) is 0.734. The summed E-state index contributed by atoms with van der Waals surface area (Å²) < 4.78 is 13.6. The predicted molar refractivity (Wildman–Crippen MR) is 89.9 cm³/mol. The number of benzene rings is 1. The number of nitrogens with zero attached hydrogens (tertiary/aromatic N) is 1. The molecule has 0 bridgehead atoms. The molecule has 6 heteroatoms. The SMILES string of the molecule is CC(NC(=O)C1CCCC1)C(=O)Nc1cnc2c(F)cccc2c1. The molecule has 5 nitrogen and oxygen atoms in total. The largest absolute Gasteiger partial charge is 0.344 e. The van der Waals surface area contributed by atoms with Gasteiger partial charge in [-0.05, 0) is 31.9 Å². The number of pyridine rings is 1. The zero-order chi connectivity index (χ0) is 17.1. The van der Waals surface area contributed by atoms with E-state index < -0.39 is 11.9 Å². The van der Waals surface area contributed by atoms with Crippen molar-refractivity contribution in [1.29, 1.82) is 0 Å². The number of fused-ring (bicyclic) bond motifs is 1. The Hall–Kier alpha value is -2.50. The normalized spacial score (nSPS) is 16.1. The first-order valence-electron chi connectivity index (χ1n) is 8.20. The maximum Gasteiger partial charge on any atom is 0.246 e. The van der Waals surface area contributed by atoms with Gasteiger partial charge in [-0.2, -0.15) is 0 Å². The predicted octanol–water partition coefficient (Wildman–Crippen LogP) is 3.01. The first-order chi connectivity index (χ1) is 11.5. The molecule has 1 unspecified atom stereocenters. The van der Waals surface area contributed by atoms with E-state index in [4.69, 9.17) is 0 Å². The lowest BCUT2D eigenvalue weighted by molar-refractivity contribution is -0.128. The summed E-state index contributed by atoms with van der Waals surface area (Å²) in [6.45, 7) is 1.65. The molecule has 0 saturated heterocycles. The van der Waals surface area contributed by atoms with Gasteiger partial charge in [-0.25, -0.2) is 4.39 Å². The zero-order valence-corrected chi connectivity index (χ0v) is 13.5. The summed E-state index contributed by atoms with van der Waals surface area (Å²) in [5, 5.41) is 6.07. The van der Waals surface area contributed by atoms with Crippen LogP contribution in [0.4, 0.5) is 10.1 Å². The Kier molecular flexibility index (Phi) is 4.74. The van der Waals surface area contributed by atoms with Crippen LogP contribution in [0.25, 0.3) is 10.9 Å². The monoisotopic (exact) mass is 329 g/mol. The molecule has 0 aliphatic heterocycles. The topological polar surface area (TPSA) is 71.1 Å². The van der Waals surface area contributed by atoms with Gasteiger partial charge >= 0.3 is 0 Å². The molecule has 0 spiro atoms. The number of anilines is 1. The Morgan fingerprint density at radius 2 is 2.04 bits per heavy atom. The van der Waals surface area contributed by atoms with Gasteiger partial charge in [0, 0.05) is 11.3 Å². The van der Waals surface area contributed by atoms with Crippen LogP contribution in [0.1, 0.15) is 32.6 Å². The van der Waals surface area contributed by atoms with Gasteiger partial charge in [-0.15, -0.1) is 0 Å². The molecule has 1 atom stereocenters. The molecule has 1 heterocycles. The van der Waals surface area contributed by atoms with Crippen LogP contribution in [-0.4, -0.2) is 22.8 Å². The molecule has 126 valence electrons. The summed E-state index contributed by atoms with van der Waals surface area (Å²) in [6.07, 6.45) is 5.32. The third-order valence-corrected chi connectivity index (χ3v) is 4.41. The molecule has 1 aliphatic rings. The van der Waals surface area contributed by atoms with Gasteiger partial charge in [0.05, 0.1) is 11.9 Å². The summed E-state index contributed by atoms with van der Waals surface area (Å²) in [7, 11) is 0. The second-order valence-electron chi connectivity index (χ2n) is 6.24. The van der Waals surface area contributed by atoms with Crippen LogP contribution >= 0.6 is 0 Å². The lowest BCUT2D eigenvalue weighted by atomic mass is 10.1. The standard InChI is InChI=1S/C18H20FN3O2/c1-11(21-18(24)12-5-2-3-6-12)17(23)22-14-9-13-7-4-8-15(19)16(13)20-10-14/h4,7-12H,2-3,5-6H2,1H3,(H,21,24)(H,22,23). The lowest BCUT2D eigenvalue weighted by Gasteiger charge is -2.17. The Morgan fingerprint density at radius 1 is 1.29 bits per heavy atom. The first-order valence-corrected chi connectivity index (χ1v) is 8.20. The van der Waals surface area contributed by atoms with E-state index in [2.05, 4.69) is 15.6 Å². The van der Waals surface area contributed by atoms with E-state index in [0.29, 0.717) is 11.1 Å². The Bertz CT molecular complexity index is 772. The van der Waals surface area contributed by atoms with Crippen LogP contribution in [0.5, 0.6) is 0 Å². The molecular weight excluding hydrogens is 309 g/mol. The summed E-state index contributed by atoms with van der Waals surface area (Å²) in [6, 6.07) is 5.69. The van der Waals surface area contributed by atoms with Gasteiger partial charge < -0.3 is 10.6 Å². The number of rotatable bonds is 4. The van der Waals surface area contributed by atoms with E-state index in [1.165, 1.54) is 12.3 Å². The van der Waals surface area contributed by atoms with E-state index in [-0.39, 0.29) is 23.2 Å². The van der Waals surface area contributed by atoms with Crippen LogP contribution in [0.2, 0.25) is 0 Å². The smallest absolute Gasteiger partial charge is 0.246 e. The molecule has 1 aromatic heterocycles. The van der Waals surface area contributed by atoms with E-state index in [9.17, 15) is 14.0 Å². The highest BCUT2D eigenvalue weighted by Gasteiger charge is 2.25. The van der Waals surface area contributed by atoms with Gasteiger partial charge in [-0.1, -0.05) is 25.0 Å². The Labute approximate surface area is 139 Å². The van der Waals surface area contributed by atoms with Crippen molar-refractivity contribution in [2.45, 2.75) is 38.6 Å². The highest BCUT2D eigenvalue weighted by molar-refractivity contribution is 5.98. The van der Waals surface area contributed by atoms with Gasteiger partial charge in [0.25, 0.3) is 0 Å². The van der Waals surface area contributed by atoms with E-state index in [0.717, 1.165) is 25.7 Å². The van der Waals surface area contributed by atoms with E-state index >= 15 is 0 Å². The molecule has 2 amide bonds. The first kappa shape index (κ1) is 16.4. The number of carbonyl (C=O) groups is 2. The van der Waals surface area contributed by atoms with Crippen LogP contribution in [0.15, 0.2) is 30.5 Å². The second kappa shape index (κ2) is 6.95. The average Bonchev–Trinajstić information content (AvgIpc) is 3.09. The summed E-state index contributed by atoms with van der Waals surface area (Å²) >= 11 is 0. The van der Waals surface area contributed by atoms with Crippen molar-refractivity contribution in [3.63, 3.8) is 0 Å². The Balaban J connectivity index is 1.64. The van der Waals surface area contributed by atoms with Crippen molar-refractivity contribution in [2.24, 2.45) is 5.92 Å². The van der Waals surface area contributed by atoms with Crippen LogP contribution in [0.3, 0.4) is 0 Å². The molecule has 1 fully saturated rings. The minimum atomic E-state index is -0.638.